The summed E-state index contributed by atoms with van der Waals surface area (Å²) in [6.45, 7) is 1.93. The van der Waals surface area contributed by atoms with Crippen LogP contribution in [0.4, 0.5) is 0 Å². The van der Waals surface area contributed by atoms with E-state index in [2.05, 4.69) is 0 Å². The van der Waals surface area contributed by atoms with E-state index in [1.807, 2.05) is 67.6 Å². The van der Waals surface area contributed by atoms with Crippen molar-refractivity contribution < 1.29 is 14.6 Å². The van der Waals surface area contributed by atoms with Gasteiger partial charge < -0.3 is 14.6 Å². The first-order valence-electron chi connectivity index (χ1n) is 10.2. The third-order valence-corrected chi connectivity index (χ3v) is 5.88. The highest BCUT2D eigenvalue weighted by Crippen LogP contribution is 2.48. The van der Waals surface area contributed by atoms with Crippen molar-refractivity contribution in [3.8, 4) is 5.75 Å². The second kappa shape index (κ2) is 8.26. The second-order valence-corrected chi connectivity index (χ2v) is 7.83. The van der Waals surface area contributed by atoms with E-state index in [0.29, 0.717) is 23.7 Å². The van der Waals surface area contributed by atoms with Gasteiger partial charge in [0.1, 0.15) is 11.5 Å². The first-order valence-corrected chi connectivity index (χ1v) is 10.2. The van der Waals surface area contributed by atoms with Crippen LogP contribution in [-0.2, 0) is 0 Å². The molecule has 2 N–H and O–H groups in total. The van der Waals surface area contributed by atoms with Gasteiger partial charge in [-0.05, 0) is 36.3 Å². The van der Waals surface area contributed by atoms with Crippen LogP contribution in [-0.4, -0.2) is 10.2 Å². The zero-order valence-electron chi connectivity index (χ0n) is 16.5. The minimum Gasteiger partial charge on any atom is -0.507 e. The smallest absolute Gasteiger partial charge is 0.343 e. The molecule has 0 amide bonds. The van der Waals surface area contributed by atoms with Crippen LogP contribution >= 0.6 is 0 Å². The van der Waals surface area contributed by atoms with Crippen LogP contribution in [0.25, 0.3) is 0 Å². The molecule has 3 atom stereocenters. The molecule has 150 valence electrons. The molecule has 3 aromatic rings. The Bertz CT molecular complexity index is 1010. The lowest BCUT2D eigenvalue weighted by molar-refractivity contribution is 0.129. The van der Waals surface area contributed by atoms with Crippen LogP contribution < -0.4 is 5.63 Å². The average molecular weight is 390 g/mol. The molecule has 1 heterocycles. The summed E-state index contributed by atoms with van der Waals surface area (Å²) in [7, 11) is 0. The predicted molar refractivity (Wildman–Crippen MR) is 112 cm³/mol. The van der Waals surface area contributed by atoms with E-state index in [1.165, 1.54) is 6.07 Å². The van der Waals surface area contributed by atoms with Crippen molar-refractivity contribution in [3.05, 3.63) is 99.6 Å². The number of hydrogen-bond acceptors (Lipinski definition) is 4. The third kappa shape index (κ3) is 3.99. The van der Waals surface area contributed by atoms with Crippen molar-refractivity contribution in [3.63, 3.8) is 0 Å². The summed E-state index contributed by atoms with van der Waals surface area (Å²) in [5.74, 6) is 0.0316. The Hall–Kier alpha value is -2.85. The molecule has 1 aromatic heterocycles. The standard InChI is InChI=1S/C25H26O4/c1-2-19(24(27)18-11-7-4-8-12-18)21-15-20(26)23(25(28)29-21)22(17-13-14-17)16-9-5-3-6-10-16/h3-12,15,17,19,22,24,26-27H,2,13-14H2,1H3/t19-,22-,24-/m1/s1. The fourth-order valence-corrected chi connectivity index (χ4v) is 4.20. The molecule has 0 radical (unpaired) electrons. The minimum atomic E-state index is -0.817. The molecule has 0 spiro atoms. The molecule has 2 aromatic carbocycles. The van der Waals surface area contributed by atoms with Gasteiger partial charge >= 0.3 is 5.63 Å². The number of hydrogen-bond donors (Lipinski definition) is 2. The van der Waals surface area contributed by atoms with Crippen molar-refractivity contribution in [2.75, 3.05) is 0 Å². The van der Waals surface area contributed by atoms with Gasteiger partial charge in [0.05, 0.1) is 11.7 Å². The summed E-state index contributed by atoms with van der Waals surface area (Å²) in [4.78, 5) is 13.0. The monoisotopic (exact) mass is 390 g/mol. The quantitative estimate of drug-likeness (QED) is 0.588. The molecular weight excluding hydrogens is 364 g/mol. The lowest BCUT2D eigenvalue weighted by Crippen LogP contribution is -2.19. The zero-order chi connectivity index (χ0) is 20.4. The summed E-state index contributed by atoms with van der Waals surface area (Å²) >= 11 is 0. The van der Waals surface area contributed by atoms with E-state index in [-0.39, 0.29) is 11.7 Å². The SMILES string of the molecule is CC[C@H](c1cc(O)c([C@H](c2ccccc2)C2CC2)c(=O)o1)[C@H](O)c1ccccc1. The molecule has 1 fully saturated rings. The van der Waals surface area contributed by atoms with Gasteiger partial charge in [0.25, 0.3) is 0 Å². The molecule has 1 aliphatic rings. The topological polar surface area (TPSA) is 70.7 Å². The Morgan fingerprint density at radius 1 is 1.00 bits per heavy atom. The molecule has 0 bridgehead atoms. The summed E-state index contributed by atoms with van der Waals surface area (Å²) in [6, 6.07) is 20.6. The van der Waals surface area contributed by atoms with Gasteiger partial charge in [0.2, 0.25) is 0 Å². The molecule has 4 nitrogen and oxygen atoms in total. The Kier molecular flexibility index (Phi) is 5.54. The maximum Gasteiger partial charge on any atom is 0.343 e. The van der Waals surface area contributed by atoms with Crippen molar-refractivity contribution >= 4 is 0 Å². The summed E-state index contributed by atoms with van der Waals surface area (Å²) < 4.78 is 5.69. The number of benzene rings is 2. The molecule has 0 aliphatic heterocycles. The summed E-state index contributed by atoms with van der Waals surface area (Å²) in [6.07, 6.45) is 1.82. The number of aliphatic hydroxyl groups is 1. The first-order chi connectivity index (χ1) is 14.1. The molecule has 4 rings (SSSR count). The largest absolute Gasteiger partial charge is 0.507 e. The summed E-state index contributed by atoms with van der Waals surface area (Å²) in [5, 5.41) is 21.7. The van der Waals surface area contributed by atoms with Crippen molar-refractivity contribution in [1.29, 1.82) is 0 Å². The number of rotatable bonds is 7. The predicted octanol–water partition coefficient (Wildman–Crippen LogP) is 5.11. The molecule has 29 heavy (non-hydrogen) atoms. The Morgan fingerprint density at radius 2 is 1.59 bits per heavy atom. The van der Waals surface area contributed by atoms with Crippen molar-refractivity contribution in [1.82, 2.24) is 0 Å². The highest BCUT2D eigenvalue weighted by atomic mass is 16.4. The fourth-order valence-electron chi connectivity index (χ4n) is 4.20. The van der Waals surface area contributed by atoms with Gasteiger partial charge in [-0.25, -0.2) is 4.79 Å². The molecule has 1 saturated carbocycles. The van der Waals surface area contributed by atoms with Crippen molar-refractivity contribution in [2.45, 2.75) is 44.1 Å². The van der Waals surface area contributed by atoms with E-state index in [1.54, 1.807) is 0 Å². The van der Waals surface area contributed by atoms with Crippen LogP contribution in [0.2, 0.25) is 0 Å². The van der Waals surface area contributed by atoms with Crippen LogP contribution in [0.5, 0.6) is 5.75 Å². The van der Waals surface area contributed by atoms with Crippen LogP contribution in [0.1, 0.15) is 66.6 Å². The average Bonchev–Trinajstić information content (AvgIpc) is 3.57. The number of aliphatic hydroxyl groups excluding tert-OH is 1. The lowest BCUT2D eigenvalue weighted by atomic mass is 9.86. The highest BCUT2D eigenvalue weighted by Gasteiger charge is 2.37. The first kappa shape index (κ1) is 19.5. The van der Waals surface area contributed by atoms with Gasteiger partial charge in [0.15, 0.2) is 0 Å². The minimum absolute atomic E-state index is 0.0456. The van der Waals surface area contributed by atoms with E-state index < -0.39 is 17.6 Å². The van der Waals surface area contributed by atoms with Crippen LogP contribution in [0, 0.1) is 5.92 Å². The van der Waals surface area contributed by atoms with Gasteiger partial charge in [-0.3, -0.25) is 0 Å². The van der Waals surface area contributed by atoms with E-state index >= 15 is 0 Å². The molecule has 1 aliphatic carbocycles. The Labute approximate surface area is 170 Å². The normalized spacial score (nSPS) is 16.9. The molecule has 0 saturated heterocycles. The van der Waals surface area contributed by atoms with E-state index in [9.17, 15) is 15.0 Å². The highest BCUT2D eigenvalue weighted by molar-refractivity contribution is 5.42. The summed E-state index contributed by atoms with van der Waals surface area (Å²) in [5.41, 5.74) is 1.58. The molecule has 0 unspecified atom stereocenters. The van der Waals surface area contributed by atoms with Crippen LogP contribution in [0.3, 0.4) is 0 Å². The van der Waals surface area contributed by atoms with Gasteiger partial charge in [-0.1, -0.05) is 67.6 Å². The second-order valence-electron chi connectivity index (χ2n) is 7.83. The van der Waals surface area contributed by atoms with E-state index in [0.717, 1.165) is 24.0 Å². The molecule has 4 heteroatoms. The third-order valence-electron chi connectivity index (χ3n) is 5.88. The maximum atomic E-state index is 13.0. The number of aromatic hydroxyl groups is 1. The lowest BCUT2D eigenvalue weighted by Gasteiger charge is -2.23. The van der Waals surface area contributed by atoms with Gasteiger partial charge in [0, 0.05) is 17.9 Å². The van der Waals surface area contributed by atoms with Gasteiger partial charge in [-0.15, -0.1) is 0 Å². The van der Waals surface area contributed by atoms with Crippen LogP contribution in [0.15, 0.2) is 75.9 Å². The Morgan fingerprint density at radius 3 is 2.10 bits per heavy atom. The van der Waals surface area contributed by atoms with E-state index in [4.69, 9.17) is 4.42 Å². The van der Waals surface area contributed by atoms with Crippen molar-refractivity contribution in [2.24, 2.45) is 5.92 Å². The Balaban J connectivity index is 1.72. The zero-order valence-corrected chi connectivity index (χ0v) is 16.5. The molecular formula is C25H26O4. The maximum absolute atomic E-state index is 13.0. The fraction of sp³-hybridized carbons (Fsp3) is 0.320. The van der Waals surface area contributed by atoms with Gasteiger partial charge in [-0.2, -0.15) is 0 Å².